The predicted octanol–water partition coefficient (Wildman–Crippen LogP) is 4.14. The van der Waals surface area contributed by atoms with E-state index in [1.165, 1.54) is 12.1 Å². The average molecular weight is 397 g/mol. The van der Waals surface area contributed by atoms with Crippen molar-refractivity contribution in [2.45, 2.75) is 6.61 Å². The second-order valence-corrected chi connectivity index (χ2v) is 6.92. The Morgan fingerprint density at radius 1 is 0.900 bits per heavy atom. The van der Waals surface area contributed by atoms with Crippen LogP contribution in [0, 0.1) is 0 Å². The number of H-pyrrole nitrogens is 1. The van der Waals surface area contributed by atoms with Gasteiger partial charge in [-0.25, -0.2) is 9.59 Å². The molecule has 1 N–H and O–H groups in total. The molecular formula is C24H15NO5. The summed E-state index contributed by atoms with van der Waals surface area (Å²) in [5.74, 6) is -0.640. The molecule has 0 amide bonds. The average Bonchev–Trinajstić information content (AvgIpc) is 2.76. The largest absolute Gasteiger partial charge is 0.457 e. The number of aromatic amines is 1. The van der Waals surface area contributed by atoms with Crippen molar-refractivity contribution in [1.82, 2.24) is 4.98 Å². The second kappa shape index (κ2) is 7.00. The van der Waals surface area contributed by atoms with Gasteiger partial charge in [0, 0.05) is 34.0 Å². The Hall–Kier alpha value is -4.19. The first kappa shape index (κ1) is 17.9. The molecule has 0 aliphatic heterocycles. The number of pyridine rings is 1. The van der Waals surface area contributed by atoms with Crippen LogP contribution in [0.2, 0.25) is 0 Å². The summed E-state index contributed by atoms with van der Waals surface area (Å²) in [6, 6.07) is 20.9. The Kier molecular flexibility index (Phi) is 4.17. The number of aromatic nitrogens is 1. The number of fused-ring (bicyclic) bond motifs is 4. The summed E-state index contributed by atoms with van der Waals surface area (Å²) < 4.78 is 10.9. The van der Waals surface area contributed by atoms with Gasteiger partial charge in [-0.05, 0) is 22.9 Å². The lowest BCUT2D eigenvalue weighted by molar-refractivity contribution is 0.0476. The number of hydrogen-bond acceptors (Lipinski definition) is 5. The first-order valence-electron chi connectivity index (χ1n) is 9.34. The smallest absolute Gasteiger partial charge is 0.339 e. The molecule has 2 heterocycles. The van der Waals surface area contributed by atoms with E-state index in [0.717, 1.165) is 16.2 Å². The highest BCUT2D eigenvalue weighted by molar-refractivity contribution is 6.07. The quantitative estimate of drug-likeness (QED) is 0.281. The van der Waals surface area contributed by atoms with Crippen molar-refractivity contribution in [2.75, 3.05) is 0 Å². The van der Waals surface area contributed by atoms with Crippen molar-refractivity contribution in [2.24, 2.45) is 0 Å². The maximum atomic E-state index is 12.8. The first-order chi connectivity index (χ1) is 14.6. The van der Waals surface area contributed by atoms with Gasteiger partial charge in [-0.15, -0.1) is 0 Å². The minimum absolute atomic E-state index is 0.129. The SMILES string of the molecule is O=C(OCc1cc(=O)oc2ccc3ccccc3c12)c1cc(=O)[nH]c2ccccc12. The highest BCUT2D eigenvalue weighted by atomic mass is 16.5. The molecule has 0 atom stereocenters. The molecule has 2 aromatic heterocycles. The molecule has 0 aliphatic rings. The monoisotopic (exact) mass is 397 g/mol. The van der Waals surface area contributed by atoms with E-state index in [0.29, 0.717) is 22.0 Å². The summed E-state index contributed by atoms with van der Waals surface area (Å²) in [6.45, 7) is -0.129. The summed E-state index contributed by atoms with van der Waals surface area (Å²) in [4.78, 5) is 39.4. The molecule has 3 aromatic carbocycles. The van der Waals surface area contributed by atoms with E-state index < -0.39 is 17.2 Å². The van der Waals surface area contributed by atoms with E-state index in [1.807, 2.05) is 30.3 Å². The topological polar surface area (TPSA) is 89.4 Å². The number of rotatable bonds is 3. The molecule has 30 heavy (non-hydrogen) atoms. The van der Waals surface area contributed by atoms with Crippen molar-refractivity contribution < 1.29 is 13.9 Å². The lowest BCUT2D eigenvalue weighted by Crippen LogP contribution is -2.13. The number of carbonyl (C=O) groups is 1. The third-order valence-electron chi connectivity index (χ3n) is 5.04. The zero-order valence-electron chi connectivity index (χ0n) is 15.7. The molecule has 6 nitrogen and oxygen atoms in total. The van der Waals surface area contributed by atoms with E-state index in [1.54, 1.807) is 30.3 Å². The summed E-state index contributed by atoms with van der Waals surface area (Å²) in [5, 5.41) is 3.18. The van der Waals surface area contributed by atoms with Crippen LogP contribution in [-0.4, -0.2) is 11.0 Å². The molecule has 5 aromatic rings. The van der Waals surface area contributed by atoms with Crippen molar-refractivity contribution >= 4 is 38.6 Å². The molecule has 6 heteroatoms. The fourth-order valence-corrected chi connectivity index (χ4v) is 3.73. The highest BCUT2D eigenvalue weighted by Gasteiger charge is 2.16. The van der Waals surface area contributed by atoms with Crippen LogP contribution in [0.3, 0.4) is 0 Å². The number of nitrogens with one attached hydrogen (secondary N) is 1. The molecule has 0 bridgehead atoms. The molecule has 0 radical (unpaired) electrons. The zero-order valence-corrected chi connectivity index (χ0v) is 15.7. The number of para-hydroxylation sites is 1. The standard InChI is InChI=1S/C24H15NO5/c26-21-12-18(17-7-3-4-8-19(17)25-21)24(28)29-13-15-11-22(27)30-20-10-9-14-5-1-2-6-16(14)23(15)20/h1-12H,13H2,(H,25,26). The Bertz CT molecular complexity index is 1560. The second-order valence-electron chi connectivity index (χ2n) is 6.92. The van der Waals surface area contributed by atoms with Gasteiger partial charge in [0.05, 0.1) is 5.56 Å². The van der Waals surface area contributed by atoms with Gasteiger partial charge in [0.1, 0.15) is 12.2 Å². The Labute approximate surface area is 169 Å². The third-order valence-corrected chi connectivity index (χ3v) is 5.04. The van der Waals surface area contributed by atoms with Crippen LogP contribution in [0.5, 0.6) is 0 Å². The van der Waals surface area contributed by atoms with E-state index in [9.17, 15) is 14.4 Å². The van der Waals surface area contributed by atoms with E-state index in [2.05, 4.69) is 4.98 Å². The van der Waals surface area contributed by atoms with Gasteiger partial charge in [-0.3, -0.25) is 4.79 Å². The van der Waals surface area contributed by atoms with Gasteiger partial charge in [0.2, 0.25) is 5.56 Å². The lowest BCUT2D eigenvalue weighted by Gasteiger charge is -2.10. The van der Waals surface area contributed by atoms with Crippen molar-refractivity contribution in [3.05, 3.63) is 105 Å². The third kappa shape index (κ3) is 3.04. The van der Waals surface area contributed by atoms with Gasteiger partial charge in [-0.1, -0.05) is 48.5 Å². The molecule has 5 rings (SSSR count). The minimum Gasteiger partial charge on any atom is -0.457 e. The number of carbonyl (C=O) groups excluding carboxylic acids is 1. The fourth-order valence-electron chi connectivity index (χ4n) is 3.73. The molecule has 0 unspecified atom stereocenters. The van der Waals surface area contributed by atoms with Gasteiger partial charge in [-0.2, -0.15) is 0 Å². The van der Waals surface area contributed by atoms with Crippen molar-refractivity contribution in [3.8, 4) is 0 Å². The summed E-state index contributed by atoms with van der Waals surface area (Å²) in [7, 11) is 0. The van der Waals surface area contributed by atoms with Crippen LogP contribution < -0.4 is 11.2 Å². The normalized spacial score (nSPS) is 11.2. The zero-order chi connectivity index (χ0) is 20.7. The summed E-state index contributed by atoms with van der Waals surface area (Å²) in [6.07, 6.45) is 0. The number of benzene rings is 3. The molecule has 0 spiro atoms. The van der Waals surface area contributed by atoms with E-state index in [-0.39, 0.29) is 12.2 Å². The van der Waals surface area contributed by atoms with Crippen molar-refractivity contribution in [3.63, 3.8) is 0 Å². The summed E-state index contributed by atoms with van der Waals surface area (Å²) >= 11 is 0. The van der Waals surface area contributed by atoms with Gasteiger partial charge < -0.3 is 14.1 Å². The molecule has 0 aliphatic carbocycles. The maximum Gasteiger partial charge on any atom is 0.339 e. The van der Waals surface area contributed by atoms with E-state index in [4.69, 9.17) is 9.15 Å². The first-order valence-corrected chi connectivity index (χ1v) is 9.34. The minimum atomic E-state index is -0.640. The Balaban J connectivity index is 1.58. The Morgan fingerprint density at radius 3 is 2.53 bits per heavy atom. The molecule has 146 valence electrons. The van der Waals surface area contributed by atoms with Crippen LogP contribution in [0.25, 0.3) is 32.6 Å². The molecule has 0 saturated carbocycles. The molecule has 0 fully saturated rings. The van der Waals surface area contributed by atoms with Crippen LogP contribution in [0.4, 0.5) is 0 Å². The Morgan fingerprint density at radius 2 is 1.67 bits per heavy atom. The molecular weight excluding hydrogens is 382 g/mol. The number of ether oxygens (including phenoxy) is 1. The van der Waals surface area contributed by atoms with Crippen molar-refractivity contribution in [1.29, 1.82) is 0 Å². The predicted molar refractivity (Wildman–Crippen MR) is 114 cm³/mol. The number of esters is 1. The van der Waals surface area contributed by atoms with Crippen LogP contribution in [-0.2, 0) is 11.3 Å². The van der Waals surface area contributed by atoms with Gasteiger partial charge in [0.25, 0.3) is 0 Å². The van der Waals surface area contributed by atoms with E-state index >= 15 is 0 Å². The van der Waals surface area contributed by atoms with Crippen LogP contribution in [0.15, 0.2) is 86.8 Å². The van der Waals surface area contributed by atoms with Crippen LogP contribution >= 0.6 is 0 Å². The highest BCUT2D eigenvalue weighted by Crippen LogP contribution is 2.28. The van der Waals surface area contributed by atoms with Gasteiger partial charge >= 0.3 is 11.6 Å². The summed E-state index contributed by atoms with van der Waals surface area (Å²) in [5.41, 5.74) is 0.775. The number of hydrogen-bond donors (Lipinski definition) is 1. The lowest BCUT2D eigenvalue weighted by atomic mass is 10.0. The molecule has 0 saturated heterocycles. The van der Waals surface area contributed by atoms with Crippen LogP contribution in [0.1, 0.15) is 15.9 Å². The van der Waals surface area contributed by atoms with Gasteiger partial charge in [0.15, 0.2) is 0 Å². The fraction of sp³-hybridized carbons (Fsp3) is 0.0417. The maximum absolute atomic E-state index is 12.8.